The first kappa shape index (κ1) is 9.87. The van der Waals surface area contributed by atoms with Crippen LogP contribution in [-0.2, 0) is 10.3 Å². The Morgan fingerprint density at radius 1 is 1.47 bits per heavy atom. The molecule has 2 N–H and O–H groups in total. The Balaban J connectivity index is 1.91. The van der Waals surface area contributed by atoms with E-state index in [9.17, 15) is 0 Å². The summed E-state index contributed by atoms with van der Waals surface area (Å²) in [6.07, 6.45) is 3.12. The molecule has 0 amide bonds. The Hall–Kier alpha value is -0.320. The van der Waals surface area contributed by atoms with Crippen molar-refractivity contribution in [3.05, 3.63) is 22.1 Å². The van der Waals surface area contributed by atoms with Gasteiger partial charge < -0.3 is 14.9 Å². The fourth-order valence-electron chi connectivity index (χ4n) is 2.03. The van der Waals surface area contributed by atoms with Crippen molar-refractivity contribution in [2.45, 2.75) is 30.7 Å². The molecule has 1 aliphatic carbocycles. The number of hydrogen-bond donors (Lipinski definition) is 1. The molecule has 82 valence electrons. The van der Waals surface area contributed by atoms with Gasteiger partial charge in [-0.15, -0.1) is 0 Å². The standard InChI is InChI=1S/C11H14BrNO2/c12-8-5-9(11(13)2-3-11)15-10(8)7-1-4-14-6-7/h5,7H,1-4,6,13H2. The van der Waals surface area contributed by atoms with Crippen molar-refractivity contribution in [2.75, 3.05) is 13.2 Å². The van der Waals surface area contributed by atoms with Gasteiger partial charge >= 0.3 is 0 Å². The average molecular weight is 272 g/mol. The molecule has 0 aromatic carbocycles. The predicted molar refractivity (Wildman–Crippen MR) is 59.7 cm³/mol. The number of ether oxygens (including phenoxy) is 1. The fraction of sp³-hybridized carbons (Fsp3) is 0.636. The number of hydrogen-bond acceptors (Lipinski definition) is 3. The molecule has 2 aliphatic rings. The molecule has 1 aromatic rings. The second-order valence-corrected chi connectivity index (χ2v) is 5.39. The maximum atomic E-state index is 6.10. The molecule has 1 saturated carbocycles. The van der Waals surface area contributed by atoms with Crippen LogP contribution in [0.2, 0.25) is 0 Å². The van der Waals surface area contributed by atoms with Gasteiger partial charge in [-0.3, -0.25) is 0 Å². The molecule has 15 heavy (non-hydrogen) atoms. The Labute approximate surface area is 97.1 Å². The molecule has 4 heteroatoms. The van der Waals surface area contributed by atoms with E-state index in [0.29, 0.717) is 5.92 Å². The summed E-state index contributed by atoms with van der Waals surface area (Å²) in [6.45, 7) is 1.60. The molecule has 1 aromatic heterocycles. The number of furan rings is 1. The van der Waals surface area contributed by atoms with Crippen LogP contribution in [0.4, 0.5) is 0 Å². The van der Waals surface area contributed by atoms with Crippen LogP contribution in [0.25, 0.3) is 0 Å². The van der Waals surface area contributed by atoms with Crippen molar-refractivity contribution in [1.82, 2.24) is 0 Å². The Morgan fingerprint density at radius 2 is 2.27 bits per heavy atom. The van der Waals surface area contributed by atoms with Crippen molar-refractivity contribution in [2.24, 2.45) is 5.73 Å². The van der Waals surface area contributed by atoms with Crippen LogP contribution in [-0.4, -0.2) is 13.2 Å². The molecule has 0 bridgehead atoms. The first-order valence-corrected chi connectivity index (χ1v) is 6.15. The van der Waals surface area contributed by atoms with E-state index in [1.165, 1.54) is 0 Å². The van der Waals surface area contributed by atoms with E-state index in [0.717, 1.165) is 48.5 Å². The average Bonchev–Trinajstić information content (AvgIpc) is 2.71. The summed E-state index contributed by atoms with van der Waals surface area (Å²) >= 11 is 3.54. The van der Waals surface area contributed by atoms with Crippen LogP contribution in [0.1, 0.15) is 36.7 Å². The van der Waals surface area contributed by atoms with Gasteiger partial charge in [-0.25, -0.2) is 0 Å². The number of rotatable bonds is 2. The van der Waals surface area contributed by atoms with E-state index in [1.807, 2.05) is 6.07 Å². The first-order valence-electron chi connectivity index (χ1n) is 5.35. The lowest BCUT2D eigenvalue weighted by Gasteiger charge is -2.06. The molecule has 0 radical (unpaired) electrons. The summed E-state index contributed by atoms with van der Waals surface area (Å²) in [5, 5.41) is 0. The molecule has 3 nitrogen and oxygen atoms in total. The van der Waals surface area contributed by atoms with E-state index in [4.69, 9.17) is 14.9 Å². The lowest BCUT2D eigenvalue weighted by Crippen LogP contribution is -2.17. The van der Waals surface area contributed by atoms with E-state index < -0.39 is 0 Å². The van der Waals surface area contributed by atoms with Crippen molar-refractivity contribution < 1.29 is 9.15 Å². The van der Waals surface area contributed by atoms with E-state index in [2.05, 4.69) is 15.9 Å². The maximum absolute atomic E-state index is 6.10. The van der Waals surface area contributed by atoms with Gasteiger partial charge in [0.1, 0.15) is 11.5 Å². The van der Waals surface area contributed by atoms with Crippen molar-refractivity contribution >= 4 is 15.9 Å². The van der Waals surface area contributed by atoms with Crippen LogP contribution in [0, 0.1) is 0 Å². The van der Waals surface area contributed by atoms with E-state index in [1.54, 1.807) is 0 Å². The highest BCUT2D eigenvalue weighted by Gasteiger charge is 2.44. The summed E-state index contributed by atoms with van der Waals surface area (Å²) in [5.74, 6) is 2.34. The fourth-order valence-corrected chi connectivity index (χ4v) is 2.64. The summed E-state index contributed by atoms with van der Waals surface area (Å²) in [7, 11) is 0. The van der Waals surface area contributed by atoms with Crippen LogP contribution in [0.3, 0.4) is 0 Å². The van der Waals surface area contributed by atoms with Gasteiger partial charge in [-0.05, 0) is 41.3 Å². The zero-order chi connectivity index (χ0) is 10.5. The molecule has 2 heterocycles. The molecule has 3 rings (SSSR count). The van der Waals surface area contributed by atoms with Gasteiger partial charge in [0, 0.05) is 12.5 Å². The van der Waals surface area contributed by atoms with Gasteiger partial charge in [-0.1, -0.05) is 0 Å². The third-order valence-corrected chi connectivity index (χ3v) is 3.91. The number of nitrogens with two attached hydrogens (primary N) is 1. The van der Waals surface area contributed by atoms with Gasteiger partial charge in [-0.2, -0.15) is 0 Å². The quantitative estimate of drug-likeness (QED) is 0.899. The van der Waals surface area contributed by atoms with Crippen LogP contribution < -0.4 is 5.73 Å². The molecular weight excluding hydrogens is 258 g/mol. The minimum absolute atomic E-state index is 0.180. The highest BCUT2D eigenvalue weighted by atomic mass is 79.9. The Kier molecular flexibility index (Phi) is 2.20. The smallest absolute Gasteiger partial charge is 0.125 e. The molecule has 1 atom stereocenters. The molecule has 1 unspecified atom stereocenters. The lowest BCUT2D eigenvalue weighted by atomic mass is 10.1. The Morgan fingerprint density at radius 3 is 2.87 bits per heavy atom. The lowest BCUT2D eigenvalue weighted by molar-refractivity contribution is 0.191. The van der Waals surface area contributed by atoms with Crippen molar-refractivity contribution in [1.29, 1.82) is 0 Å². The normalized spacial score (nSPS) is 28.3. The number of halogens is 1. The maximum Gasteiger partial charge on any atom is 0.125 e. The largest absolute Gasteiger partial charge is 0.463 e. The summed E-state index contributed by atoms with van der Waals surface area (Å²) in [5.41, 5.74) is 5.92. The van der Waals surface area contributed by atoms with Crippen LogP contribution >= 0.6 is 15.9 Å². The minimum atomic E-state index is -0.180. The predicted octanol–water partition coefficient (Wildman–Crippen LogP) is 2.49. The third-order valence-electron chi connectivity index (χ3n) is 3.29. The second kappa shape index (κ2) is 3.34. The first-order chi connectivity index (χ1) is 7.19. The van der Waals surface area contributed by atoms with Crippen molar-refractivity contribution in [3.63, 3.8) is 0 Å². The Bertz CT molecular complexity index is 378. The highest BCUT2D eigenvalue weighted by Crippen LogP contribution is 2.46. The molecule has 1 aliphatic heterocycles. The van der Waals surface area contributed by atoms with E-state index in [-0.39, 0.29) is 5.54 Å². The summed E-state index contributed by atoms with van der Waals surface area (Å²) in [4.78, 5) is 0. The zero-order valence-electron chi connectivity index (χ0n) is 8.46. The zero-order valence-corrected chi connectivity index (χ0v) is 10.0. The molecule has 1 saturated heterocycles. The van der Waals surface area contributed by atoms with Crippen LogP contribution in [0.5, 0.6) is 0 Å². The molecular formula is C11H14BrNO2. The minimum Gasteiger partial charge on any atom is -0.463 e. The molecule has 0 spiro atoms. The van der Waals surface area contributed by atoms with Gasteiger partial charge in [0.25, 0.3) is 0 Å². The highest BCUT2D eigenvalue weighted by molar-refractivity contribution is 9.10. The molecule has 2 fully saturated rings. The third kappa shape index (κ3) is 1.65. The monoisotopic (exact) mass is 271 g/mol. The summed E-state index contributed by atoms with van der Waals surface area (Å²) < 4.78 is 12.3. The van der Waals surface area contributed by atoms with E-state index >= 15 is 0 Å². The van der Waals surface area contributed by atoms with Crippen molar-refractivity contribution in [3.8, 4) is 0 Å². The van der Waals surface area contributed by atoms with Gasteiger partial charge in [0.05, 0.1) is 16.6 Å². The second-order valence-electron chi connectivity index (χ2n) is 4.54. The summed E-state index contributed by atoms with van der Waals surface area (Å²) in [6, 6.07) is 2.03. The SMILES string of the molecule is NC1(c2cc(Br)c(C3CCOC3)o2)CC1. The van der Waals surface area contributed by atoms with Gasteiger partial charge in [0.15, 0.2) is 0 Å². The van der Waals surface area contributed by atoms with Gasteiger partial charge in [0.2, 0.25) is 0 Å². The topological polar surface area (TPSA) is 48.4 Å². The van der Waals surface area contributed by atoms with Crippen LogP contribution in [0.15, 0.2) is 15.0 Å².